The van der Waals surface area contributed by atoms with Gasteiger partial charge in [0.2, 0.25) is 0 Å². The van der Waals surface area contributed by atoms with Crippen LogP contribution < -0.4 is 5.32 Å². The van der Waals surface area contributed by atoms with E-state index in [4.69, 9.17) is 0 Å². The minimum Gasteiger partial charge on any atom is -0.312 e. The molecule has 0 saturated heterocycles. The molecular weight excluding hydrogens is 231 g/mol. The molecule has 0 aliphatic heterocycles. The summed E-state index contributed by atoms with van der Waals surface area (Å²) in [5.41, 5.74) is -0.816. The van der Waals surface area contributed by atoms with Crippen LogP contribution in [0.25, 0.3) is 0 Å². The van der Waals surface area contributed by atoms with Gasteiger partial charge in [0, 0.05) is 12.2 Å². The lowest BCUT2D eigenvalue weighted by Gasteiger charge is -2.17. The second kappa shape index (κ2) is 4.68. The summed E-state index contributed by atoms with van der Waals surface area (Å²) in [6.07, 6.45) is -0.635. The highest BCUT2D eigenvalue weighted by atomic mass is 19.4. The number of halogens is 3. The van der Waals surface area contributed by atoms with Crippen molar-refractivity contribution in [3.8, 4) is 0 Å². The molecule has 1 aromatic rings. The van der Waals surface area contributed by atoms with Crippen LogP contribution in [-0.2, 0) is 12.7 Å². The van der Waals surface area contributed by atoms with Crippen LogP contribution in [0.3, 0.4) is 0 Å². The first-order valence-corrected chi connectivity index (χ1v) is 5.84. The molecule has 1 N–H and O–H groups in total. The first-order chi connectivity index (χ1) is 8.00. The van der Waals surface area contributed by atoms with Gasteiger partial charge in [-0.25, -0.2) is 0 Å². The number of hydrogen-bond acceptors (Lipinski definition) is 2. The molecule has 1 atom stereocenters. The van der Waals surface area contributed by atoms with Crippen molar-refractivity contribution in [3.05, 3.63) is 18.0 Å². The van der Waals surface area contributed by atoms with Crippen molar-refractivity contribution < 1.29 is 13.2 Å². The van der Waals surface area contributed by atoms with Gasteiger partial charge in [-0.3, -0.25) is 4.68 Å². The molecule has 0 bridgehead atoms. The smallest absolute Gasteiger partial charge is 0.312 e. The zero-order valence-electron chi connectivity index (χ0n) is 9.67. The number of likely N-dealkylation sites (N-methyl/N-ethyl adjacent to an activating group) is 1. The van der Waals surface area contributed by atoms with Gasteiger partial charge in [-0.15, -0.1) is 0 Å². The van der Waals surface area contributed by atoms with Crippen LogP contribution in [0, 0.1) is 5.92 Å². The molecule has 1 aromatic heterocycles. The predicted molar refractivity (Wildman–Crippen MR) is 57.4 cm³/mol. The van der Waals surface area contributed by atoms with Crippen molar-refractivity contribution in [3.63, 3.8) is 0 Å². The maximum atomic E-state index is 12.4. The third-order valence-corrected chi connectivity index (χ3v) is 2.97. The summed E-state index contributed by atoms with van der Waals surface area (Å²) in [4.78, 5) is 0. The van der Waals surface area contributed by atoms with Crippen molar-refractivity contribution in [2.24, 2.45) is 5.92 Å². The van der Waals surface area contributed by atoms with Crippen molar-refractivity contribution in [1.29, 1.82) is 0 Å². The lowest BCUT2D eigenvalue weighted by Crippen LogP contribution is -2.35. The molecule has 1 heterocycles. The Morgan fingerprint density at radius 1 is 1.53 bits per heavy atom. The Morgan fingerprint density at radius 2 is 2.24 bits per heavy atom. The van der Waals surface area contributed by atoms with Crippen molar-refractivity contribution in [1.82, 2.24) is 15.1 Å². The van der Waals surface area contributed by atoms with Crippen LogP contribution in [0.1, 0.15) is 25.5 Å². The van der Waals surface area contributed by atoms with Crippen molar-refractivity contribution >= 4 is 0 Å². The first-order valence-electron chi connectivity index (χ1n) is 5.84. The lowest BCUT2D eigenvalue weighted by molar-refractivity contribution is -0.141. The summed E-state index contributed by atoms with van der Waals surface area (Å²) in [7, 11) is 0. The summed E-state index contributed by atoms with van der Waals surface area (Å²) in [5.74, 6) is 0.591. The molecule has 1 saturated carbocycles. The SMILES string of the molecule is CCNC(Cn1ccc(C(F)(F)F)n1)C1CC1. The van der Waals surface area contributed by atoms with E-state index in [0.717, 1.165) is 25.5 Å². The van der Waals surface area contributed by atoms with Gasteiger partial charge < -0.3 is 5.32 Å². The standard InChI is InChI=1S/C11H16F3N3/c1-2-15-9(8-3-4-8)7-17-6-5-10(16-17)11(12,13)14/h5-6,8-9,15H,2-4,7H2,1H3. The summed E-state index contributed by atoms with van der Waals surface area (Å²) in [6.45, 7) is 3.34. The van der Waals surface area contributed by atoms with Crippen LogP contribution in [0.4, 0.5) is 13.2 Å². The fourth-order valence-corrected chi connectivity index (χ4v) is 1.96. The number of alkyl halides is 3. The normalized spacial score (nSPS) is 18.4. The van der Waals surface area contributed by atoms with E-state index in [-0.39, 0.29) is 6.04 Å². The average molecular weight is 247 g/mol. The highest BCUT2D eigenvalue weighted by Gasteiger charge is 2.35. The summed E-state index contributed by atoms with van der Waals surface area (Å²) in [6, 6.07) is 1.26. The molecule has 0 amide bonds. The van der Waals surface area contributed by atoms with Gasteiger partial charge in [-0.05, 0) is 31.4 Å². The fourth-order valence-electron chi connectivity index (χ4n) is 1.96. The zero-order chi connectivity index (χ0) is 12.5. The Morgan fingerprint density at radius 3 is 2.71 bits per heavy atom. The second-order valence-electron chi connectivity index (χ2n) is 4.42. The van der Waals surface area contributed by atoms with Gasteiger partial charge >= 0.3 is 6.18 Å². The van der Waals surface area contributed by atoms with Gasteiger partial charge in [-0.1, -0.05) is 6.92 Å². The molecule has 0 aromatic carbocycles. The van der Waals surface area contributed by atoms with Gasteiger partial charge in [0.05, 0.1) is 6.54 Å². The van der Waals surface area contributed by atoms with Gasteiger partial charge in [0.15, 0.2) is 5.69 Å². The van der Waals surface area contributed by atoms with E-state index >= 15 is 0 Å². The van der Waals surface area contributed by atoms with E-state index in [9.17, 15) is 13.2 Å². The Kier molecular flexibility index (Phi) is 3.42. The third kappa shape index (κ3) is 3.21. The van der Waals surface area contributed by atoms with Crippen LogP contribution >= 0.6 is 0 Å². The zero-order valence-corrected chi connectivity index (χ0v) is 9.67. The predicted octanol–water partition coefficient (Wildman–Crippen LogP) is 2.29. The molecule has 2 rings (SSSR count). The quantitative estimate of drug-likeness (QED) is 0.865. The molecular formula is C11H16F3N3. The average Bonchev–Trinajstić information content (AvgIpc) is 2.96. The van der Waals surface area contributed by atoms with Gasteiger partial charge in [0.1, 0.15) is 0 Å². The van der Waals surface area contributed by atoms with E-state index in [1.165, 1.54) is 10.9 Å². The highest BCUT2D eigenvalue weighted by Crippen LogP contribution is 2.33. The van der Waals surface area contributed by atoms with Crippen molar-refractivity contribution in [2.75, 3.05) is 6.54 Å². The molecule has 1 aliphatic carbocycles. The summed E-state index contributed by atoms with van der Waals surface area (Å²) >= 11 is 0. The van der Waals surface area contributed by atoms with E-state index in [0.29, 0.717) is 12.5 Å². The minimum absolute atomic E-state index is 0.237. The van der Waals surface area contributed by atoms with Crippen LogP contribution in [0.5, 0.6) is 0 Å². The van der Waals surface area contributed by atoms with E-state index in [1.54, 1.807) is 0 Å². The number of nitrogens with one attached hydrogen (secondary N) is 1. The molecule has 6 heteroatoms. The molecule has 1 fully saturated rings. The molecule has 0 spiro atoms. The topological polar surface area (TPSA) is 29.9 Å². The third-order valence-electron chi connectivity index (χ3n) is 2.97. The number of aromatic nitrogens is 2. The highest BCUT2D eigenvalue weighted by molar-refractivity contribution is 5.03. The van der Waals surface area contributed by atoms with Crippen LogP contribution in [0.15, 0.2) is 12.3 Å². The lowest BCUT2D eigenvalue weighted by atomic mass is 10.2. The Bertz CT molecular complexity index is 368. The molecule has 1 aliphatic rings. The largest absolute Gasteiger partial charge is 0.435 e. The molecule has 3 nitrogen and oxygen atoms in total. The first kappa shape index (κ1) is 12.4. The fraction of sp³-hybridized carbons (Fsp3) is 0.727. The Labute approximate surface area is 98.0 Å². The Hall–Kier alpha value is -1.04. The van der Waals surface area contributed by atoms with E-state index in [2.05, 4.69) is 10.4 Å². The Balaban J connectivity index is 1.99. The van der Waals surface area contributed by atoms with Crippen LogP contribution in [-0.4, -0.2) is 22.4 Å². The number of hydrogen-bond donors (Lipinski definition) is 1. The maximum Gasteiger partial charge on any atom is 0.435 e. The second-order valence-corrected chi connectivity index (χ2v) is 4.42. The summed E-state index contributed by atoms with van der Waals surface area (Å²) in [5, 5.41) is 6.86. The molecule has 0 radical (unpaired) electrons. The molecule has 17 heavy (non-hydrogen) atoms. The number of rotatable bonds is 5. The van der Waals surface area contributed by atoms with E-state index < -0.39 is 11.9 Å². The minimum atomic E-state index is -4.35. The molecule has 1 unspecified atom stereocenters. The number of nitrogens with zero attached hydrogens (tertiary/aromatic N) is 2. The van der Waals surface area contributed by atoms with Gasteiger partial charge in [0.25, 0.3) is 0 Å². The van der Waals surface area contributed by atoms with Gasteiger partial charge in [-0.2, -0.15) is 18.3 Å². The monoisotopic (exact) mass is 247 g/mol. The maximum absolute atomic E-state index is 12.4. The van der Waals surface area contributed by atoms with E-state index in [1.807, 2.05) is 6.92 Å². The molecule has 96 valence electrons. The van der Waals surface area contributed by atoms with Crippen LogP contribution in [0.2, 0.25) is 0 Å². The van der Waals surface area contributed by atoms with Crippen molar-refractivity contribution in [2.45, 2.75) is 38.5 Å². The summed E-state index contributed by atoms with van der Waals surface area (Å²) < 4.78 is 38.5.